The van der Waals surface area contributed by atoms with Gasteiger partial charge >= 0.3 is 0 Å². The summed E-state index contributed by atoms with van der Waals surface area (Å²) in [5.41, 5.74) is 2.75. The van der Waals surface area contributed by atoms with Crippen molar-refractivity contribution in [3.05, 3.63) is 34.5 Å². The van der Waals surface area contributed by atoms with Gasteiger partial charge in [0.15, 0.2) is 6.29 Å². The van der Waals surface area contributed by atoms with E-state index in [0.717, 1.165) is 27.8 Å². The van der Waals surface area contributed by atoms with E-state index in [0.29, 0.717) is 5.56 Å². The molecule has 2 aromatic rings. The molecule has 1 aromatic carbocycles. The molecule has 0 saturated carbocycles. The maximum absolute atomic E-state index is 10.8. The lowest BCUT2D eigenvalue weighted by molar-refractivity contribution is 0.112. The maximum Gasteiger partial charge on any atom is 0.152 e. The molecule has 0 N–H and O–H groups in total. The van der Waals surface area contributed by atoms with Crippen LogP contribution in [0.5, 0.6) is 0 Å². The summed E-state index contributed by atoms with van der Waals surface area (Å²) in [6.07, 6.45) is 2.69. The van der Waals surface area contributed by atoms with Crippen molar-refractivity contribution >= 4 is 28.8 Å². The number of carbonyl (C=O) groups is 1. The average Bonchev–Trinajstić information content (AvgIpc) is 2.49. The number of aldehydes is 1. The Balaban J connectivity index is 2.96. The molecule has 0 unspecified atom stereocenters. The second-order valence-corrected chi connectivity index (χ2v) is 3.79. The van der Waals surface area contributed by atoms with E-state index in [1.54, 1.807) is 0 Å². The molecule has 0 saturated heterocycles. The van der Waals surface area contributed by atoms with E-state index >= 15 is 0 Å². The van der Waals surface area contributed by atoms with Crippen molar-refractivity contribution in [3.63, 3.8) is 0 Å². The molecule has 72 valence electrons. The van der Waals surface area contributed by atoms with Gasteiger partial charge in [0, 0.05) is 29.2 Å². The first-order valence-corrected chi connectivity index (χ1v) is 4.72. The lowest BCUT2D eigenvalue weighted by Gasteiger charge is -2.02. The van der Waals surface area contributed by atoms with Crippen molar-refractivity contribution < 1.29 is 4.79 Å². The molecule has 2 rings (SSSR count). The zero-order valence-corrected chi connectivity index (χ0v) is 8.80. The molecule has 2 nitrogen and oxygen atoms in total. The molecule has 0 aliphatic rings. The van der Waals surface area contributed by atoms with E-state index in [1.807, 2.05) is 36.9 Å². The summed E-state index contributed by atoms with van der Waals surface area (Å²) in [5, 5.41) is 1.69. The van der Waals surface area contributed by atoms with Crippen LogP contribution in [0, 0.1) is 6.92 Å². The molecule has 0 fully saturated rings. The number of halogens is 1. The van der Waals surface area contributed by atoms with Gasteiger partial charge in [-0.3, -0.25) is 4.79 Å². The van der Waals surface area contributed by atoms with E-state index in [-0.39, 0.29) is 0 Å². The molecule has 0 aliphatic carbocycles. The Labute approximate surface area is 87.1 Å². The predicted octanol–water partition coefficient (Wildman–Crippen LogP) is 2.95. The van der Waals surface area contributed by atoms with Crippen molar-refractivity contribution in [2.75, 3.05) is 0 Å². The lowest BCUT2D eigenvalue weighted by Crippen LogP contribution is -1.87. The van der Waals surface area contributed by atoms with Gasteiger partial charge < -0.3 is 4.57 Å². The number of aryl methyl sites for hydroxylation is 2. The normalized spacial score (nSPS) is 10.8. The number of benzene rings is 1. The topological polar surface area (TPSA) is 22.0 Å². The number of rotatable bonds is 1. The van der Waals surface area contributed by atoms with Crippen LogP contribution in [0.2, 0.25) is 5.02 Å². The Morgan fingerprint density at radius 1 is 1.43 bits per heavy atom. The first kappa shape index (κ1) is 9.28. The van der Waals surface area contributed by atoms with E-state index in [2.05, 4.69) is 0 Å². The van der Waals surface area contributed by atoms with Gasteiger partial charge in [0.1, 0.15) is 0 Å². The first-order valence-electron chi connectivity index (χ1n) is 4.34. The molecule has 1 aromatic heterocycles. The quantitative estimate of drug-likeness (QED) is 0.659. The van der Waals surface area contributed by atoms with Crippen molar-refractivity contribution in [3.8, 4) is 0 Å². The molecule has 1 heterocycles. The Kier molecular flexibility index (Phi) is 2.08. The molecule has 14 heavy (non-hydrogen) atoms. The SMILES string of the molecule is Cc1c(Cl)ccc2c(C=O)cn(C)c12. The molecule has 0 atom stereocenters. The summed E-state index contributed by atoms with van der Waals surface area (Å²) in [6.45, 7) is 1.96. The molecular formula is C11H10ClNO. The largest absolute Gasteiger partial charge is 0.350 e. The number of nitrogens with zero attached hydrogens (tertiary/aromatic N) is 1. The molecule has 0 radical (unpaired) electrons. The van der Waals surface area contributed by atoms with Gasteiger partial charge in [-0.1, -0.05) is 17.7 Å². The van der Waals surface area contributed by atoms with Crippen molar-refractivity contribution in [2.24, 2.45) is 7.05 Å². The third kappa shape index (κ3) is 1.15. The van der Waals surface area contributed by atoms with Crippen LogP contribution >= 0.6 is 11.6 Å². The third-order valence-corrected chi connectivity index (χ3v) is 2.90. The zero-order chi connectivity index (χ0) is 10.3. The Morgan fingerprint density at radius 3 is 2.79 bits per heavy atom. The van der Waals surface area contributed by atoms with Crippen LogP contribution in [0.1, 0.15) is 15.9 Å². The van der Waals surface area contributed by atoms with Gasteiger partial charge in [-0.25, -0.2) is 0 Å². The molecule has 0 bridgehead atoms. The van der Waals surface area contributed by atoms with Crippen molar-refractivity contribution in [1.82, 2.24) is 4.57 Å². The Bertz CT molecular complexity index is 513. The zero-order valence-electron chi connectivity index (χ0n) is 8.04. The van der Waals surface area contributed by atoms with Crippen LogP contribution in [-0.2, 0) is 7.05 Å². The lowest BCUT2D eigenvalue weighted by atomic mass is 10.1. The molecule has 3 heteroatoms. The first-order chi connectivity index (χ1) is 6.65. The summed E-state index contributed by atoms with van der Waals surface area (Å²) < 4.78 is 1.93. The number of fused-ring (bicyclic) bond motifs is 1. The Hall–Kier alpha value is -1.28. The number of hydrogen-bond donors (Lipinski definition) is 0. The van der Waals surface area contributed by atoms with Crippen molar-refractivity contribution in [2.45, 2.75) is 6.92 Å². The fourth-order valence-electron chi connectivity index (χ4n) is 1.80. The molecule has 0 amide bonds. The van der Waals surface area contributed by atoms with E-state index in [9.17, 15) is 4.79 Å². The van der Waals surface area contributed by atoms with Gasteiger partial charge in [0.25, 0.3) is 0 Å². The van der Waals surface area contributed by atoms with Crippen LogP contribution in [0.15, 0.2) is 18.3 Å². The fourth-order valence-corrected chi connectivity index (χ4v) is 1.95. The van der Waals surface area contributed by atoms with Gasteiger partial charge in [-0.05, 0) is 18.6 Å². The molecular weight excluding hydrogens is 198 g/mol. The Morgan fingerprint density at radius 2 is 2.14 bits per heavy atom. The highest BCUT2D eigenvalue weighted by atomic mass is 35.5. The second kappa shape index (κ2) is 3.14. The highest BCUT2D eigenvalue weighted by molar-refractivity contribution is 6.32. The standard InChI is InChI=1S/C11H10ClNO/c1-7-10(12)4-3-9-8(6-14)5-13(2)11(7)9/h3-6H,1-2H3. The van der Waals surface area contributed by atoms with Crippen molar-refractivity contribution in [1.29, 1.82) is 0 Å². The maximum atomic E-state index is 10.8. The van der Waals surface area contributed by atoms with Crippen LogP contribution in [-0.4, -0.2) is 10.9 Å². The van der Waals surface area contributed by atoms with Crippen LogP contribution in [0.4, 0.5) is 0 Å². The fraction of sp³-hybridized carbons (Fsp3) is 0.182. The van der Waals surface area contributed by atoms with E-state index in [4.69, 9.17) is 11.6 Å². The van der Waals surface area contributed by atoms with Gasteiger partial charge in [-0.15, -0.1) is 0 Å². The number of hydrogen-bond acceptors (Lipinski definition) is 1. The summed E-state index contributed by atoms with van der Waals surface area (Å²) in [7, 11) is 1.92. The minimum Gasteiger partial charge on any atom is -0.350 e. The van der Waals surface area contributed by atoms with Gasteiger partial charge in [0.2, 0.25) is 0 Å². The van der Waals surface area contributed by atoms with E-state index < -0.39 is 0 Å². The minimum absolute atomic E-state index is 0.710. The van der Waals surface area contributed by atoms with Crippen LogP contribution < -0.4 is 0 Å². The predicted molar refractivity (Wildman–Crippen MR) is 58.1 cm³/mol. The smallest absolute Gasteiger partial charge is 0.152 e. The average molecular weight is 208 g/mol. The monoisotopic (exact) mass is 207 g/mol. The van der Waals surface area contributed by atoms with Gasteiger partial charge in [0.05, 0.1) is 5.52 Å². The second-order valence-electron chi connectivity index (χ2n) is 3.38. The summed E-state index contributed by atoms with van der Waals surface area (Å²) in [4.78, 5) is 10.8. The summed E-state index contributed by atoms with van der Waals surface area (Å²) in [6, 6.07) is 3.71. The molecule has 0 spiro atoms. The third-order valence-electron chi connectivity index (χ3n) is 2.49. The van der Waals surface area contributed by atoms with E-state index in [1.165, 1.54) is 0 Å². The summed E-state index contributed by atoms with van der Waals surface area (Å²) >= 11 is 6.01. The van der Waals surface area contributed by atoms with Gasteiger partial charge in [-0.2, -0.15) is 0 Å². The number of aromatic nitrogens is 1. The van der Waals surface area contributed by atoms with Crippen LogP contribution in [0.25, 0.3) is 10.9 Å². The highest BCUT2D eigenvalue weighted by Gasteiger charge is 2.09. The van der Waals surface area contributed by atoms with Crippen LogP contribution in [0.3, 0.4) is 0 Å². The summed E-state index contributed by atoms with van der Waals surface area (Å²) in [5.74, 6) is 0. The highest BCUT2D eigenvalue weighted by Crippen LogP contribution is 2.27. The molecule has 0 aliphatic heterocycles. The minimum atomic E-state index is 0.710. The number of carbonyl (C=O) groups excluding carboxylic acids is 1.